The molecule has 3 aromatic rings. The fourth-order valence-corrected chi connectivity index (χ4v) is 3.93. The number of carbonyl (C=O) groups excluding carboxylic acids is 1. The molecule has 0 unspecified atom stereocenters. The standard InChI is InChI=1S/C20H21N5O3S/c1-11-6-4-5-7-13(11)21-14(26)10-29-18-15-17(22-16(23-18)12-8-9-12)24(2)20(28)25(3)19(15)27/h4-7,12H,8-10H2,1-3H3,(H,21,26). The molecule has 0 spiro atoms. The number of nitrogens with one attached hydrogen (secondary N) is 1. The first-order valence-corrected chi connectivity index (χ1v) is 10.3. The van der Waals surface area contributed by atoms with Crippen LogP contribution in [0, 0.1) is 6.92 Å². The average molecular weight is 411 g/mol. The van der Waals surface area contributed by atoms with Crippen molar-refractivity contribution in [2.75, 3.05) is 11.1 Å². The van der Waals surface area contributed by atoms with E-state index in [0.717, 1.165) is 28.7 Å². The van der Waals surface area contributed by atoms with Gasteiger partial charge in [-0.2, -0.15) is 0 Å². The highest BCUT2D eigenvalue weighted by molar-refractivity contribution is 8.00. The number of thioether (sulfide) groups is 1. The van der Waals surface area contributed by atoms with Crippen LogP contribution in [0.2, 0.25) is 0 Å². The average Bonchev–Trinajstić information content (AvgIpc) is 3.55. The number of rotatable bonds is 5. The van der Waals surface area contributed by atoms with E-state index >= 15 is 0 Å². The molecule has 1 saturated carbocycles. The van der Waals surface area contributed by atoms with Crippen molar-refractivity contribution in [2.45, 2.75) is 30.7 Å². The molecule has 0 bridgehead atoms. The van der Waals surface area contributed by atoms with Gasteiger partial charge in [0.25, 0.3) is 5.56 Å². The van der Waals surface area contributed by atoms with E-state index in [9.17, 15) is 14.4 Å². The molecule has 1 aliphatic rings. The predicted molar refractivity (Wildman–Crippen MR) is 113 cm³/mol. The molecule has 0 radical (unpaired) electrons. The number of amides is 1. The molecule has 1 aliphatic carbocycles. The Labute approximate surface area is 171 Å². The van der Waals surface area contributed by atoms with E-state index in [4.69, 9.17) is 0 Å². The maximum Gasteiger partial charge on any atom is 0.332 e. The van der Waals surface area contributed by atoms with Gasteiger partial charge in [-0.25, -0.2) is 14.8 Å². The summed E-state index contributed by atoms with van der Waals surface area (Å²) in [4.78, 5) is 46.6. The van der Waals surface area contributed by atoms with E-state index < -0.39 is 11.2 Å². The Bertz CT molecular complexity index is 1240. The fourth-order valence-electron chi connectivity index (χ4n) is 3.11. The third-order valence-corrected chi connectivity index (χ3v) is 5.96. The summed E-state index contributed by atoms with van der Waals surface area (Å²) in [6.45, 7) is 1.92. The van der Waals surface area contributed by atoms with Crippen LogP contribution < -0.4 is 16.6 Å². The third-order valence-electron chi connectivity index (χ3n) is 4.99. The van der Waals surface area contributed by atoms with Crippen molar-refractivity contribution >= 4 is 34.4 Å². The normalized spacial score (nSPS) is 13.6. The summed E-state index contributed by atoms with van der Waals surface area (Å²) in [7, 11) is 3.02. The van der Waals surface area contributed by atoms with Gasteiger partial charge in [0.05, 0.1) is 5.75 Å². The van der Waals surface area contributed by atoms with Gasteiger partial charge in [-0.15, -0.1) is 0 Å². The number of fused-ring (bicyclic) bond motifs is 1. The second-order valence-corrected chi connectivity index (χ2v) is 8.18. The lowest BCUT2D eigenvalue weighted by Crippen LogP contribution is -2.38. The number of benzene rings is 1. The Morgan fingerprint density at radius 3 is 2.59 bits per heavy atom. The van der Waals surface area contributed by atoms with Crippen molar-refractivity contribution in [3.63, 3.8) is 0 Å². The van der Waals surface area contributed by atoms with Gasteiger partial charge in [-0.3, -0.25) is 18.7 Å². The predicted octanol–water partition coefficient (Wildman–Crippen LogP) is 1.94. The number of anilines is 1. The summed E-state index contributed by atoms with van der Waals surface area (Å²) in [5.41, 5.74) is 1.15. The Hall–Kier alpha value is -2.94. The van der Waals surface area contributed by atoms with Crippen LogP contribution in [0.15, 0.2) is 38.9 Å². The lowest BCUT2D eigenvalue weighted by Gasteiger charge is -2.12. The summed E-state index contributed by atoms with van der Waals surface area (Å²) in [6.07, 6.45) is 1.98. The van der Waals surface area contributed by atoms with E-state index in [2.05, 4.69) is 15.3 Å². The maximum absolute atomic E-state index is 12.8. The molecule has 0 saturated heterocycles. The van der Waals surface area contributed by atoms with E-state index in [1.165, 1.54) is 23.4 Å². The van der Waals surface area contributed by atoms with Crippen LogP contribution in [-0.2, 0) is 18.9 Å². The number of para-hydroxylation sites is 1. The first-order valence-electron chi connectivity index (χ1n) is 9.32. The number of carbonyl (C=O) groups is 1. The molecule has 1 fully saturated rings. The number of nitrogens with zero attached hydrogens (tertiary/aromatic N) is 4. The van der Waals surface area contributed by atoms with E-state index in [1.807, 2.05) is 31.2 Å². The summed E-state index contributed by atoms with van der Waals surface area (Å²) in [6, 6.07) is 7.54. The molecule has 1 amide bonds. The molecule has 150 valence electrons. The van der Waals surface area contributed by atoms with Crippen LogP contribution in [-0.4, -0.2) is 30.8 Å². The van der Waals surface area contributed by atoms with E-state index in [0.29, 0.717) is 16.5 Å². The van der Waals surface area contributed by atoms with Crippen LogP contribution in [0.25, 0.3) is 11.0 Å². The molecule has 0 atom stereocenters. The van der Waals surface area contributed by atoms with Gasteiger partial charge >= 0.3 is 5.69 Å². The van der Waals surface area contributed by atoms with Crippen molar-refractivity contribution in [2.24, 2.45) is 14.1 Å². The van der Waals surface area contributed by atoms with Gasteiger partial charge in [0, 0.05) is 25.7 Å². The van der Waals surface area contributed by atoms with Crippen LogP contribution in [0.1, 0.15) is 30.1 Å². The lowest BCUT2D eigenvalue weighted by atomic mass is 10.2. The quantitative estimate of drug-likeness (QED) is 0.509. The summed E-state index contributed by atoms with van der Waals surface area (Å²) >= 11 is 1.19. The third kappa shape index (κ3) is 3.69. The van der Waals surface area contributed by atoms with Gasteiger partial charge in [-0.05, 0) is 31.4 Å². The number of hydrogen-bond acceptors (Lipinski definition) is 6. The van der Waals surface area contributed by atoms with Crippen molar-refractivity contribution < 1.29 is 4.79 Å². The SMILES string of the molecule is Cc1ccccc1NC(=O)CSc1nc(C2CC2)nc2c1c(=O)n(C)c(=O)n2C. The monoisotopic (exact) mass is 411 g/mol. The zero-order valence-corrected chi connectivity index (χ0v) is 17.2. The molecule has 9 heteroatoms. The Morgan fingerprint density at radius 1 is 1.17 bits per heavy atom. The molecule has 1 aromatic carbocycles. The topological polar surface area (TPSA) is 98.9 Å². The maximum atomic E-state index is 12.8. The minimum absolute atomic E-state index is 0.0938. The lowest BCUT2D eigenvalue weighted by molar-refractivity contribution is -0.113. The zero-order valence-electron chi connectivity index (χ0n) is 16.4. The van der Waals surface area contributed by atoms with Gasteiger partial charge in [0.15, 0.2) is 5.65 Å². The largest absolute Gasteiger partial charge is 0.332 e. The molecule has 4 rings (SSSR count). The molecule has 0 aliphatic heterocycles. The zero-order chi connectivity index (χ0) is 20.7. The van der Waals surface area contributed by atoms with Crippen molar-refractivity contribution in [1.29, 1.82) is 0 Å². The van der Waals surface area contributed by atoms with Crippen molar-refractivity contribution in [3.8, 4) is 0 Å². The van der Waals surface area contributed by atoms with E-state index in [1.54, 1.807) is 7.05 Å². The van der Waals surface area contributed by atoms with Gasteiger partial charge in [0.2, 0.25) is 5.91 Å². The minimum atomic E-state index is -0.452. The van der Waals surface area contributed by atoms with Gasteiger partial charge < -0.3 is 5.32 Å². The number of hydrogen-bond donors (Lipinski definition) is 1. The number of aryl methyl sites for hydroxylation is 2. The Kier molecular flexibility index (Phi) is 4.99. The molecule has 8 nitrogen and oxygen atoms in total. The van der Waals surface area contributed by atoms with Crippen LogP contribution in [0.3, 0.4) is 0 Å². The Balaban J connectivity index is 1.69. The highest BCUT2D eigenvalue weighted by Crippen LogP contribution is 2.39. The smallest absolute Gasteiger partial charge is 0.325 e. The van der Waals surface area contributed by atoms with Crippen molar-refractivity contribution in [1.82, 2.24) is 19.1 Å². The summed E-state index contributed by atoms with van der Waals surface area (Å²) in [5, 5.41) is 3.59. The van der Waals surface area contributed by atoms with Crippen LogP contribution >= 0.6 is 11.8 Å². The summed E-state index contributed by atoms with van der Waals surface area (Å²) in [5.74, 6) is 0.781. The first-order chi connectivity index (χ1) is 13.9. The molecule has 1 N–H and O–H groups in total. The second kappa shape index (κ2) is 7.47. The molecular formula is C20H21N5O3S. The van der Waals surface area contributed by atoms with Gasteiger partial charge in [0.1, 0.15) is 16.2 Å². The molecular weight excluding hydrogens is 390 g/mol. The summed E-state index contributed by atoms with van der Waals surface area (Å²) < 4.78 is 2.40. The van der Waals surface area contributed by atoms with E-state index in [-0.39, 0.29) is 23.0 Å². The highest BCUT2D eigenvalue weighted by Gasteiger charge is 2.29. The fraction of sp³-hybridized carbons (Fsp3) is 0.350. The van der Waals surface area contributed by atoms with Crippen molar-refractivity contribution in [3.05, 3.63) is 56.5 Å². The van der Waals surface area contributed by atoms with Crippen LogP contribution in [0.5, 0.6) is 0 Å². The minimum Gasteiger partial charge on any atom is -0.325 e. The van der Waals surface area contributed by atoms with Gasteiger partial charge in [-0.1, -0.05) is 30.0 Å². The molecule has 29 heavy (non-hydrogen) atoms. The van der Waals surface area contributed by atoms with Crippen LogP contribution in [0.4, 0.5) is 5.69 Å². The highest BCUT2D eigenvalue weighted by atomic mass is 32.2. The molecule has 2 aromatic heterocycles. The first kappa shape index (κ1) is 19.4. The Morgan fingerprint density at radius 2 is 1.90 bits per heavy atom. The second-order valence-electron chi connectivity index (χ2n) is 7.22. The number of aromatic nitrogens is 4. The molecule has 2 heterocycles.